The van der Waals surface area contributed by atoms with Gasteiger partial charge < -0.3 is 5.32 Å². The average molecular weight is 236 g/mol. The van der Waals surface area contributed by atoms with E-state index >= 15 is 0 Å². The Labute approximate surface area is 107 Å². The predicted octanol–water partition coefficient (Wildman–Crippen LogP) is 2.97. The van der Waals surface area contributed by atoms with Gasteiger partial charge in [0, 0.05) is 19.1 Å². The molecule has 98 valence electrons. The third kappa shape index (κ3) is 8.17. The van der Waals surface area contributed by atoms with Crippen LogP contribution in [0.15, 0.2) is 25.3 Å². The Balaban J connectivity index is 1.86. The van der Waals surface area contributed by atoms with Crippen LogP contribution in [0.1, 0.15) is 38.5 Å². The topological polar surface area (TPSA) is 15.3 Å². The first-order chi connectivity index (χ1) is 8.36. The quantitative estimate of drug-likeness (QED) is 0.414. The summed E-state index contributed by atoms with van der Waals surface area (Å²) in [7, 11) is 0. The van der Waals surface area contributed by atoms with Crippen LogP contribution in [0.25, 0.3) is 0 Å². The Hall–Kier alpha value is -0.600. The fraction of sp³-hybridized carbons (Fsp3) is 0.733. The first kappa shape index (κ1) is 14.5. The van der Waals surface area contributed by atoms with Gasteiger partial charge >= 0.3 is 0 Å². The van der Waals surface area contributed by atoms with Crippen molar-refractivity contribution in [3.8, 4) is 0 Å². The van der Waals surface area contributed by atoms with E-state index in [9.17, 15) is 0 Å². The highest BCUT2D eigenvalue weighted by molar-refractivity contribution is 4.81. The minimum absolute atomic E-state index is 0.866. The van der Waals surface area contributed by atoms with Crippen molar-refractivity contribution in [2.24, 2.45) is 0 Å². The fourth-order valence-electron chi connectivity index (χ4n) is 2.03. The molecule has 0 radical (unpaired) electrons. The van der Waals surface area contributed by atoms with Crippen LogP contribution in [-0.4, -0.2) is 37.1 Å². The molecule has 2 nitrogen and oxygen atoms in total. The van der Waals surface area contributed by atoms with E-state index in [0.717, 1.165) is 19.1 Å². The highest BCUT2D eigenvalue weighted by Gasteiger charge is 2.19. The molecule has 1 aliphatic rings. The second-order valence-electron chi connectivity index (χ2n) is 4.98. The second kappa shape index (κ2) is 9.43. The number of rotatable bonds is 12. The van der Waals surface area contributed by atoms with Gasteiger partial charge in [-0.3, -0.25) is 4.90 Å². The van der Waals surface area contributed by atoms with Crippen LogP contribution in [0.5, 0.6) is 0 Å². The standard InChI is InChI=1S/C15H28N2/c1-3-12-17(13-4-2)14-8-6-5-7-11-16-15-9-10-15/h3-4,15-16H,1-2,5-14H2. The highest BCUT2D eigenvalue weighted by atomic mass is 15.1. The summed E-state index contributed by atoms with van der Waals surface area (Å²) >= 11 is 0. The maximum Gasteiger partial charge on any atom is 0.0163 e. The van der Waals surface area contributed by atoms with Crippen molar-refractivity contribution < 1.29 is 0 Å². The molecule has 0 spiro atoms. The molecular formula is C15H28N2. The van der Waals surface area contributed by atoms with E-state index in [4.69, 9.17) is 0 Å². The summed E-state index contributed by atoms with van der Waals surface area (Å²) < 4.78 is 0. The van der Waals surface area contributed by atoms with E-state index < -0.39 is 0 Å². The molecule has 0 heterocycles. The van der Waals surface area contributed by atoms with Crippen molar-refractivity contribution in [2.45, 2.75) is 44.6 Å². The van der Waals surface area contributed by atoms with Crippen LogP contribution < -0.4 is 5.32 Å². The third-order valence-corrected chi connectivity index (χ3v) is 3.19. The summed E-state index contributed by atoms with van der Waals surface area (Å²) in [5.74, 6) is 0. The lowest BCUT2D eigenvalue weighted by Gasteiger charge is -2.18. The van der Waals surface area contributed by atoms with Crippen LogP contribution in [0.3, 0.4) is 0 Å². The number of nitrogens with one attached hydrogen (secondary N) is 1. The highest BCUT2D eigenvalue weighted by Crippen LogP contribution is 2.18. The fourth-order valence-corrected chi connectivity index (χ4v) is 2.03. The maximum atomic E-state index is 3.79. The lowest BCUT2D eigenvalue weighted by atomic mass is 10.2. The van der Waals surface area contributed by atoms with Crippen molar-refractivity contribution in [2.75, 3.05) is 26.2 Å². The Bertz CT molecular complexity index is 199. The molecule has 0 aromatic carbocycles. The van der Waals surface area contributed by atoms with Gasteiger partial charge in [-0.25, -0.2) is 0 Å². The molecule has 2 heteroatoms. The Morgan fingerprint density at radius 3 is 2.24 bits per heavy atom. The normalized spacial score (nSPS) is 15.1. The van der Waals surface area contributed by atoms with Crippen molar-refractivity contribution in [3.05, 3.63) is 25.3 Å². The summed E-state index contributed by atoms with van der Waals surface area (Å²) in [5.41, 5.74) is 0. The van der Waals surface area contributed by atoms with Gasteiger partial charge in [0.2, 0.25) is 0 Å². The van der Waals surface area contributed by atoms with E-state index in [1.54, 1.807) is 0 Å². The third-order valence-electron chi connectivity index (χ3n) is 3.19. The molecule has 0 bridgehead atoms. The maximum absolute atomic E-state index is 3.79. The van der Waals surface area contributed by atoms with Gasteiger partial charge in [0.15, 0.2) is 0 Å². The molecule has 0 aromatic heterocycles. The Kier molecular flexibility index (Phi) is 8.02. The molecule has 0 unspecified atom stereocenters. The summed E-state index contributed by atoms with van der Waals surface area (Å²) in [6.07, 6.45) is 12.1. The molecule has 1 N–H and O–H groups in total. The van der Waals surface area contributed by atoms with E-state index in [2.05, 4.69) is 23.4 Å². The molecule has 1 fully saturated rings. The van der Waals surface area contributed by atoms with Crippen molar-refractivity contribution in [1.82, 2.24) is 10.2 Å². The van der Waals surface area contributed by atoms with Crippen LogP contribution in [0, 0.1) is 0 Å². The lowest BCUT2D eigenvalue weighted by molar-refractivity contribution is 0.324. The van der Waals surface area contributed by atoms with Crippen LogP contribution in [-0.2, 0) is 0 Å². The van der Waals surface area contributed by atoms with Crippen LogP contribution in [0.2, 0.25) is 0 Å². The van der Waals surface area contributed by atoms with Crippen molar-refractivity contribution >= 4 is 0 Å². The molecule has 1 saturated carbocycles. The summed E-state index contributed by atoms with van der Waals surface area (Å²) in [4.78, 5) is 2.39. The van der Waals surface area contributed by atoms with E-state index in [1.165, 1.54) is 51.6 Å². The molecule has 0 aliphatic heterocycles. The SMILES string of the molecule is C=CCN(CC=C)CCCCCCNC1CC1. The number of hydrogen-bond acceptors (Lipinski definition) is 2. The number of unbranched alkanes of at least 4 members (excludes halogenated alkanes) is 3. The first-order valence-corrected chi connectivity index (χ1v) is 7.04. The smallest absolute Gasteiger partial charge is 0.0163 e. The van der Waals surface area contributed by atoms with Crippen molar-refractivity contribution in [3.63, 3.8) is 0 Å². The first-order valence-electron chi connectivity index (χ1n) is 7.04. The molecule has 0 aromatic rings. The van der Waals surface area contributed by atoms with Gasteiger partial charge in [0.05, 0.1) is 0 Å². The molecular weight excluding hydrogens is 208 g/mol. The molecule has 1 rings (SSSR count). The second-order valence-corrected chi connectivity index (χ2v) is 4.98. The van der Waals surface area contributed by atoms with E-state index in [-0.39, 0.29) is 0 Å². The van der Waals surface area contributed by atoms with Crippen molar-refractivity contribution in [1.29, 1.82) is 0 Å². The van der Waals surface area contributed by atoms with E-state index in [1.807, 2.05) is 12.2 Å². The molecule has 0 atom stereocenters. The summed E-state index contributed by atoms with van der Waals surface area (Å²) in [6.45, 7) is 11.9. The minimum atomic E-state index is 0.866. The average Bonchev–Trinajstić information content (AvgIpc) is 3.12. The van der Waals surface area contributed by atoms with Crippen LogP contribution >= 0.6 is 0 Å². The molecule has 1 aliphatic carbocycles. The monoisotopic (exact) mass is 236 g/mol. The zero-order chi connectivity index (χ0) is 12.3. The Morgan fingerprint density at radius 1 is 1.00 bits per heavy atom. The Morgan fingerprint density at radius 2 is 1.65 bits per heavy atom. The number of hydrogen-bond donors (Lipinski definition) is 1. The summed E-state index contributed by atoms with van der Waals surface area (Å²) in [5, 5.41) is 3.56. The van der Waals surface area contributed by atoms with Gasteiger partial charge in [-0.1, -0.05) is 25.0 Å². The van der Waals surface area contributed by atoms with Crippen LogP contribution in [0.4, 0.5) is 0 Å². The van der Waals surface area contributed by atoms with Gasteiger partial charge in [-0.2, -0.15) is 0 Å². The zero-order valence-corrected chi connectivity index (χ0v) is 11.2. The van der Waals surface area contributed by atoms with Gasteiger partial charge in [-0.05, 0) is 38.8 Å². The molecule has 0 amide bonds. The largest absolute Gasteiger partial charge is 0.314 e. The zero-order valence-electron chi connectivity index (χ0n) is 11.2. The minimum Gasteiger partial charge on any atom is -0.314 e. The molecule has 0 saturated heterocycles. The lowest BCUT2D eigenvalue weighted by Crippen LogP contribution is -2.25. The summed E-state index contributed by atoms with van der Waals surface area (Å²) in [6, 6.07) is 0.866. The van der Waals surface area contributed by atoms with E-state index in [0.29, 0.717) is 0 Å². The predicted molar refractivity (Wildman–Crippen MR) is 76.3 cm³/mol. The van der Waals surface area contributed by atoms with Gasteiger partial charge in [0.25, 0.3) is 0 Å². The molecule has 17 heavy (non-hydrogen) atoms. The van der Waals surface area contributed by atoms with Gasteiger partial charge in [-0.15, -0.1) is 13.2 Å². The number of nitrogens with zero attached hydrogens (tertiary/aromatic N) is 1. The van der Waals surface area contributed by atoms with Gasteiger partial charge in [0.1, 0.15) is 0 Å².